The number of rotatable bonds is 5. The predicted octanol–water partition coefficient (Wildman–Crippen LogP) is 0.839. The van der Waals surface area contributed by atoms with E-state index in [1.807, 2.05) is 30.3 Å². The molecule has 1 aromatic carbocycles. The number of benzene rings is 1. The molecule has 0 fully saturated rings. The van der Waals surface area contributed by atoms with Gasteiger partial charge >= 0.3 is 23.9 Å². The molecule has 0 spiro atoms. The van der Waals surface area contributed by atoms with Gasteiger partial charge in [-0.15, -0.1) is 0 Å². The second-order valence-electron chi connectivity index (χ2n) is 9.52. The molecule has 0 aliphatic carbocycles. The Morgan fingerprint density at radius 3 is 1.60 bits per heavy atom. The lowest BCUT2D eigenvalue weighted by Crippen LogP contribution is -2.23. The highest BCUT2D eigenvalue weighted by molar-refractivity contribution is 6.16. The summed E-state index contributed by atoms with van der Waals surface area (Å²) in [6.45, 7) is 0. The monoisotopic (exact) mass is 564 g/mol. The molecule has 0 saturated carbocycles. The largest absolute Gasteiger partial charge is 0.478 e. The second-order valence-corrected chi connectivity index (χ2v) is 9.52. The maximum atomic E-state index is 12.6. The Morgan fingerprint density at radius 1 is 0.500 bits per heavy atom. The van der Waals surface area contributed by atoms with E-state index in [1.54, 1.807) is 36.4 Å². The number of aromatic nitrogens is 4. The van der Waals surface area contributed by atoms with Crippen LogP contribution in [0.5, 0.6) is 0 Å². The lowest BCUT2D eigenvalue weighted by Gasteiger charge is -2.16. The Bertz CT molecular complexity index is 2230. The molecule has 0 radical (unpaired) electrons. The Balaban J connectivity index is 1.77. The lowest BCUT2D eigenvalue weighted by atomic mass is 9.87. The van der Waals surface area contributed by atoms with Crippen molar-refractivity contribution in [1.29, 1.82) is 0 Å². The molecule has 12 heteroatoms. The third-order valence-electron chi connectivity index (χ3n) is 6.82. The van der Waals surface area contributed by atoms with Crippen LogP contribution >= 0.6 is 0 Å². The van der Waals surface area contributed by atoms with Crippen molar-refractivity contribution in [3.05, 3.63) is 127 Å². The van der Waals surface area contributed by atoms with E-state index in [4.69, 9.17) is 0 Å². The fraction of sp³-hybridized carbons (Fsp3) is 0. The number of nitrogens with one attached hydrogen (secondary N) is 4. The highest BCUT2D eigenvalue weighted by Crippen LogP contribution is 2.31. The molecule has 0 amide bonds. The molecule has 0 atom stereocenters. The van der Waals surface area contributed by atoms with Gasteiger partial charge in [0, 0.05) is 55.3 Å². The summed E-state index contributed by atoms with van der Waals surface area (Å²) < 4.78 is 0. The van der Waals surface area contributed by atoms with Crippen LogP contribution in [0.25, 0.3) is 23.8 Å². The number of carboxylic acids is 4. The average molecular weight is 565 g/mol. The van der Waals surface area contributed by atoms with Crippen LogP contribution in [0.2, 0.25) is 0 Å². The third-order valence-corrected chi connectivity index (χ3v) is 6.82. The molecule has 6 rings (SSSR count). The average Bonchev–Trinajstić information content (AvgIpc) is 3.74. The zero-order valence-corrected chi connectivity index (χ0v) is 21.4. The van der Waals surface area contributed by atoms with Gasteiger partial charge in [-0.25, -0.2) is 19.2 Å². The number of hydrogen-bond acceptors (Lipinski definition) is 4. The van der Waals surface area contributed by atoms with Crippen molar-refractivity contribution in [2.75, 3.05) is 0 Å². The van der Waals surface area contributed by atoms with Gasteiger partial charge in [-0.1, -0.05) is 0 Å². The molecule has 5 aromatic rings. The molecular formula is C30H20N4O8. The van der Waals surface area contributed by atoms with Crippen molar-refractivity contribution < 1.29 is 39.6 Å². The molecular weight excluding hydrogens is 544 g/mol. The number of fused-ring (bicyclic) bond motifs is 8. The van der Waals surface area contributed by atoms with Crippen LogP contribution in [0.1, 0.15) is 69.8 Å². The van der Waals surface area contributed by atoms with Crippen molar-refractivity contribution in [3.63, 3.8) is 0 Å². The molecule has 5 heterocycles. The summed E-state index contributed by atoms with van der Waals surface area (Å²) in [4.78, 5) is 62.0. The SMILES string of the molecule is O=C(O)c1cc(C2=c3ccc([nH]3)=Cc3ccc([nH]3)C=c3ccc([nH]3)=Cc3ccc2[nH]3)c(C(=O)O)c(C(=O)O)c1C(=O)O. The summed E-state index contributed by atoms with van der Waals surface area (Å²) >= 11 is 0. The first-order chi connectivity index (χ1) is 20.1. The molecule has 1 aliphatic heterocycles. The highest BCUT2D eigenvalue weighted by atomic mass is 16.4. The van der Waals surface area contributed by atoms with E-state index in [-0.39, 0.29) is 11.1 Å². The van der Waals surface area contributed by atoms with Crippen LogP contribution < -0.4 is 21.4 Å². The summed E-state index contributed by atoms with van der Waals surface area (Å²) in [5, 5.41) is 42.3. The van der Waals surface area contributed by atoms with E-state index in [0.29, 0.717) is 22.1 Å². The molecule has 208 valence electrons. The number of carbonyl (C=O) groups is 4. The van der Waals surface area contributed by atoms with Gasteiger partial charge in [-0.2, -0.15) is 0 Å². The van der Waals surface area contributed by atoms with E-state index in [0.717, 1.165) is 28.2 Å². The Hall–Kier alpha value is -6.30. The van der Waals surface area contributed by atoms with Gasteiger partial charge in [0.1, 0.15) is 0 Å². The molecule has 8 N–H and O–H groups in total. The van der Waals surface area contributed by atoms with Gasteiger partial charge in [0.2, 0.25) is 0 Å². The zero-order chi connectivity index (χ0) is 29.7. The van der Waals surface area contributed by atoms with Gasteiger partial charge in [0.15, 0.2) is 0 Å². The zero-order valence-electron chi connectivity index (χ0n) is 21.4. The van der Waals surface area contributed by atoms with Gasteiger partial charge in [-0.3, -0.25) is 0 Å². The number of hydrogen-bond donors (Lipinski definition) is 8. The normalized spacial score (nSPS) is 12.1. The van der Waals surface area contributed by atoms with Crippen LogP contribution in [0.4, 0.5) is 0 Å². The Morgan fingerprint density at radius 2 is 1.02 bits per heavy atom. The molecule has 12 nitrogen and oxygen atoms in total. The van der Waals surface area contributed by atoms with Crippen molar-refractivity contribution in [2.45, 2.75) is 0 Å². The van der Waals surface area contributed by atoms with Gasteiger partial charge in [-0.05, 0) is 72.8 Å². The highest BCUT2D eigenvalue weighted by Gasteiger charge is 2.34. The molecule has 0 saturated heterocycles. The standard InChI is InChI=1S/C30H20N4O8/c35-27(36)20-12-19(24(28(37)38)26(30(41)42)25(20)29(39)40)23-21-7-5-17(33-21)10-15-3-1-13(31-15)9-14-2-4-16(32-14)11-18-6-8-22(23)34-18/h1-12,31-34H,(H,35,36)(H,37,38)(H,39,40)(H,41,42). The van der Waals surface area contributed by atoms with Crippen molar-refractivity contribution in [1.82, 2.24) is 19.9 Å². The van der Waals surface area contributed by atoms with Crippen LogP contribution in [-0.4, -0.2) is 64.2 Å². The third kappa shape index (κ3) is 4.48. The first-order valence-electron chi connectivity index (χ1n) is 12.4. The smallest absolute Gasteiger partial charge is 0.337 e. The lowest BCUT2D eigenvalue weighted by molar-refractivity contribution is 0.0619. The molecule has 1 aliphatic rings. The van der Waals surface area contributed by atoms with Crippen molar-refractivity contribution >= 4 is 47.7 Å². The maximum Gasteiger partial charge on any atom is 0.337 e. The van der Waals surface area contributed by atoms with Crippen LogP contribution in [0, 0.1) is 0 Å². The van der Waals surface area contributed by atoms with Crippen LogP contribution in [-0.2, 0) is 0 Å². The molecule has 4 aromatic heterocycles. The van der Waals surface area contributed by atoms with E-state index < -0.39 is 46.1 Å². The minimum absolute atomic E-state index is 0.119. The molecule has 8 bridgehead atoms. The van der Waals surface area contributed by atoms with Crippen molar-refractivity contribution in [3.8, 4) is 0 Å². The van der Waals surface area contributed by atoms with E-state index in [1.165, 1.54) is 0 Å². The number of H-pyrrole nitrogens is 4. The fourth-order valence-electron chi connectivity index (χ4n) is 5.12. The second kappa shape index (κ2) is 9.71. The number of aromatic carboxylic acids is 4. The first-order valence-corrected chi connectivity index (χ1v) is 12.4. The van der Waals surface area contributed by atoms with E-state index in [2.05, 4.69) is 19.9 Å². The maximum absolute atomic E-state index is 12.6. The molecule has 42 heavy (non-hydrogen) atoms. The minimum Gasteiger partial charge on any atom is -0.478 e. The fourth-order valence-corrected chi connectivity index (χ4v) is 5.12. The summed E-state index contributed by atoms with van der Waals surface area (Å²) in [5.41, 5.74) is -1.68. The Labute approximate surface area is 233 Å². The van der Waals surface area contributed by atoms with Crippen molar-refractivity contribution in [2.24, 2.45) is 0 Å². The van der Waals surface area contributed by atoms with Gasteiger partial charge < -0.3 is 40.4 Å². The predicted molar refractivity (Wildman–Crippen MR) is 148 cm³/mol. The van der Waals surface area contributed by atoms with Crippen LogP contribution in [0.15, 0.2) is 54.6 Å². The minimum atomic E-state index is -1.90. The van der Waals surface area contributed by atoms with Gasteiger partial charge in [0.05, 0.1) is 22.3 Å². The summed E-state index contributed by atoms with van der Waals surface area (Å²) in [7, 11) is 0. The Kier molecular flexibility index (Phi) is 6.00. The van der Waals surface area contributed by atoms with Gasteiger partial charge in [0.25, 0.3) is 0 Å². The first kappa shape index (κ1) is 26.0. The molecule has 0 unspecified atom stereocenters. The summed E-state index contributed by atoms with van der Waals surface area (Å²) in [6.07, 6.45) is 5.55. The number of carboxylic acid groups (broad SMARTS) is 4. The number of aromatic amines is 4. The van der Waals surface area contributed by atoms with Crippen LogP contribution in [0.3, 0.4) is 0 Å². The van der Waals surface area contributed by atoms with E-state index >= 15 is 0 Å². The summed E-state index contributed by atoms with van der Waals surface area (Å²) in [5.74, 6) is -7.26. The summed E-state index contributed by atoms with van der Waals surface area (Å²) in [6, 6.07) is 15.1. The topological polar surface area (TPSA) is 212 Å². The quantitative estimate of drug-likeness (QED) is 0.150. The van der Waals surface area contributed by atoms with E-state index in [9.17, 15) is 39.6 Å².